The first-order chi connectivity index (χ1) is 10.7. The Morgan fingerprint density at radius 1 is 1.27 bits per heavy atom. The Morgan fingerprint density at radius 2 is 2.05 bits per heavy atom. The number of hydrogen-bond donors (Lipinski definition) is 0. The molecule has 0 amide bonds. The summed E-state index contributed by atoms with van der Waals surface area (Å²) in [5.74, 6) is -0.823. The Labute approximate surface area is 131 Å². The van der Waals surface area contributed by atoms with Crippen LogP contribution >= 0.6 is 0 Å². The first-order valence-electron chi connectivity index (χ1n) is 8.07. The molecular formula is C16H25NO5. The number of nitrogens with zero attached hydrogens (tertiary/aromatic N) is 1. The SMILES string of the molecule is CCCC1COC(=O)/C(CCCN2CCOCC2)=C/C(=O)O1. The first-order valence-corrected chi connectivity index (χ1v) is 8.07. The maximum atomic E-state index is 12.0. The van der Waals surface area contributed by atoms with Crippen molar-refractivity contribution in [1.29, 1.82) is 0 Å². The van der Waals surface area contributed by atoms with Crippen molar-refractivity contribution in [2.24, 2.45) is 0 Å². The van der Waals surface area contributed by atoms with Crippen molar-refractivity contribution in [2.45, 2.75) is 38.7 Å². The Hall–Kier alpha value is -1.40. The lowest BCUT2D eigenvalue weighted by Gasteiger charge is -2.26. The van der Waals surface area contributed by atoms with Crippen molar-refractivity contribution in [2.75, 3.05) is 39.5 Å². The highest BCUT2D eigenvalue weighted by Gasteiger charge is 2.22. The predicted octanol–water partition coefficient (Wildman–Crippen LogP) is 1.29. The molecule has 1 fully saturated rings. The third kappa shape index (κ3) is 5.42. The molecule has 22 heavy (non-hydrogen) atoms. The molecule has 0 aliphatic carbocycles. The number of esters is 2. The van der Waals surface area contributed by atoms with E-state index in [9.17, 15) is 9.59 Å². The average molecular weight is 311 g/mol. The number of hydrogen-bond acceptors (Lipinski definition) is 6. The summed E-state index contributed by atoms with van der Waals surface area (Å²) >= 11 is 0. The van der Waals surface area contributed by atoms with E-state index in [2.05, 4.69) is 4.90 Å². The molecular weight excluding hydrogens is 286 g/mol. The quantitative estimate of drug-likeness (QED) is 0.689. The van der Waals surface area contributed by atoms with Gasteiger partial charge in [0, 0.05) is 24.7 Å². The number of carbonyl (C=O) groups is 2. The van der Waals surface area contributed by atoms with Crippen LogP contribution in [0.15, 0.2) is 11.6 Å². The Bertz CT molecular complexity index is 415. The summed E-state index contributed by atoms with van der Waals surface area (Å²) in [6.45, 7) is 6.41. The van der Waals surface area contributed by atoms with Crippen LogP contribution < -0.4 is 0 Å². The van der Waals surface area contributed by atoms with Crippen LogP contribution in [-0.4, -0.2) is 62.4 Å². The Kier molecular flexibility index (Phi) is 6.86. The molecule has 0 N–H and O–H groups in total. The summed E-state index contributed by atoms with van der Waals surface area (Å²) in [4.78, 5) is 26.1. The molecule has 0 radical (unpaired) electrons. The zero-order valence-corrected chi connectivity index (χ0v) is 13.2. The average Bonchev–Trinajstić information content (AvgIpc) is 2.51. The minimum atomic E-state index is -0.434. The fourth-order valence-electron chi connectivity index (χ4n) is 2.65. The molecule has 6 nitrogen and oxygen atoms in total. The van der Waals surface area contributed by atoms with Crippen LogP contribution in [0.4, 0.5) is 0 Å². The summed E-state index contributed by atoms with van der Waals surface area (Å²) in [5.41, 5.74) is 0.410. The van der Waals surface area contributed by atoms with Crippen molar-refractivity contribution in [3.05, 3.63) is 11.6 Å². The van der Waals surface area contributed by atoms with Gasteiger partial charge < -0.3 is 14.2 Å². The van der Waals surface area contributed by atoms with E-state index in [1.165, 1.54) is 6.08 Å². The minimum absolute atomic E-state index is 0.152. The van der Waals surface area contributed by atoms with Gasteiger partial charge in [-0.15, -0.1) is 0 Å². The van der Waals surface area contributed by atoms with Gasteiger partial charge in [-0.3, -0.25) is 4.90 Å². The lowest BCUT2D eigenvalue weighted by Crippen LogP contribution is -2.37. The lowest BCUT2D eigenvalue weighted by atomic mass is 10.1. The highest BCUT2D eigenvalue weighted by molar-refractivity contribution is 5.96. The van der Waals surface area contributed by atoms with Gasteiger partial charge >= 0.3 is 11.9 Å². The number of ether oxygens (including phenoxy) is 3. The molecule has 6 heteroatoms. The standard InChI is InChI=1S/C16H25NO5/c1-2-4-14-12-21-16(19)13(11-15(18)22-14)5-3-6-17-7-9-20-10-8-17/h11,14H,2-10,12H2,1H3/b13-11+. The maximum Gasteiger partial charge on any atom is 0.334 e. The summed E-state index contributed by atoms with van der Waals surface area (Å²) in [6.07, 6.45) is 3.90. The van der Waals surface area contributed by atoms with Gasteiger partial charge in [0.15, 0.2) is 0 Å². The number of carbonyl (C=O) groups excluding carboxylic acids is 2. The fourth-order valence-corrected chi connectivity index (χ4v) is 2.65. The van der Waals surface area contributed by atoms with E-state index in [-0.39, 0.29) is 18.7 Å². The largest absolute Gasteiger partial charge is 0.458 e. The van der Waals surface area contributed by atoms with Crippen LogP contribution in [0.1, 0.15) is 32.6 Å². The van der Waals surface area contributed by atoms with Gasteiger partial charge in [0.1, 0.15) is 12.7 Å². The molecule has 2 heterocycles. The molecule has 1 saturated heterocycles. The van der Waals surface area contributed by atoms with E-state index in [4.69, 9.17) is 14.2 Å². The van der Waals surface area contributed by atoms with Crippen LogP contribution in [0.3, 0.4) is 0 Å². The van der Waals surface area contributed by atoms with Crippen molar-refractivity contribution < 1.29 is 23.8 Å². The summed E-state index contributed by atoms with van der Waals surface area (Å²) in [6, 6.07) is 0. The van der Waals surface area contributed by atoms with Gasteiger partial charge in [-0.1, -0.05) is 13.3 Å². The fraction of sp³-hybridized carbons (Fsp3) is 0.750. The van der Waals surface area contributed by atoms with Gasteiger partial charge in [0.25, 0.3) is 0 Å². The van der Waals surface area contributed by atoms with Gasteiger partial charge in [0.05, 0.1) is 13.2 Å². The zero-order chi connectivity index (χ0) is 15.8. The Morgan fingerprint density at radius 3 is 2.77 bits per heavy atom. The third-order valence-electron chi connectivity index (χ3n) is 3.87. The number of cyclic esters (lactones) is 2. The molecule has 0 aromatic heterocycles. The normalized spacial score (nSPS) is 26.4. The van der Waals surface area contributed by atoms with E-state index < -0.39 is 5.97 Å². The molecule has 2 aliphatic heterocycles. The van der Waals surface area contributed by atoms with Crippen LogP contribution in [-0.2, 0) is 23.8 Å². The smallest absolute Gasteiger partial charge is 0.334 e. The third-order valence-corrected chi connectivity index (χ3v) is 3.87. The van der Waals surface area contributed by atoms with Crippen LogP contribution in [0.25, 0.3) is 0 Å². The second kappa shape index (κ2) is 8.90. The van der Waals surface area contributed by atoms with E-state index in [1.807, 2.05) is 6.92 Å². The molecule has 0 saturated carbocycles. The van der Waals surface area contributed by atoms with Crippen LogP contribution in [0, 0.1) is 0 Å². The molecule has 2 rings (SSSR count). The predicted molar refractivity (Wildman–Crippen MR) is 80.3 cm³/mol. The molecule has 0 spiro atoms. The van der Waals surface area contributed by atoms with Gasteiger partial charge in [-0.25, -0.2) is 9.59 Å². The summed E-state index contributed by atoms with van der Waals surface area (Å²) in [7, 11) is 0. The number of rotatable bonds is 6. The van der Waals surface area contributed by atoms with Crippen LogP contribution in [0.2, 0.25) is 0 Å². The minimum Gasteiger partial charge on any atom is -0.458 e. The van der Waals surface area contributed by atoms with Crippen molar-refractivity contribution in [3.8, 4) is 0 Å². The molecule has 124 valence electrons. The highest BCUT2D eigenvalue weighted by Crippen LogP contribution is 2.15. The maximum absolute atomic E-state index is 12.0. The summed E-state index contributed by atoms with van der Waals surface area (Å²) < 4.78 is 15.8. The lowest BCUT2D eigenvalue weighted by molar-refractivity contribution is -0.156. The van der Waals surface area contributed by atoms with E-state index in [1.54, 1.807) is 0 Å². The second-order valence-corrected chi connectivity index (χ2v) is 5.67. The Balaban J connectivity index is 1.83. The molecule has 0 aromatic rings. The second-order valence-electron chi connectivity index (χ2n) is 5.67. The van der Waals surface area contributed by atoms with Crippen molar-refractivity contribution >= 4 is 11.9 Å². The van der Waals surface area contributed by atoms with E-state index in [0.29, 0.717) is 18.4 Å². The monoisotopic (exact) mass is 311 g/mol. The number of morpholine rings is 1. The van der Waals surface area contributed by atoms with E-state index >= 15 is 0 Å². The first kappa shape index (κ1) is 17.0. The van der Waals surface area contributed by atoms with Gasteiger partial charge in [-0.05, 0) is 25.8 Å². The molecule has 2 aliphatic rings. The zero-order valence-electron chi connectivity index (χ0n) is 13.2. The topological polar surface area (TPSA) is 65.1 Å². The van der Waals surface area contributed by atoms with Crippen molar-refractivity contribution in [1.82, 2.24) is 4.90 Å². The molecule has 0 aromatic carbocycles. The summed E-state index contributed by atoms with van der Waals surface area (Å²) in [5, 5.41) is 0. The molecule has 1 unspecified atom stereocenters. The molecule has 1 atom stereocenters. The van der Waals surface area contributed by atoms with E-state index in [0.717, 1.165) is 45.7 Å². The van der Waals surface area contributed by atoms with Crippen molar-refractivity contribution in [3.63, 3.8) is 0 Å². The molecule has 0 bridgehead atoms. The highest BCUT2D eigenvalue weighted by atomic mass is 16.6. The van der Waals surface area contributed by atoms with Gasteiger partial charge in [0.2, 0.25) is 0 Å². The van der Waals surface area contributed by atoms with Crippen LogP contribution in [0.5, 0.6) is 0 Å². The van der Waals surface area contributed by atoms with Gasteiger partial charge in [-0.2, -0.15) is 0 Å².